The Kier molecular flexibility index (Phi) is 4.50. The highest BCUT2D eigenvalue weighted by Crippen LogP contribution is 2.16. The van der Waals surface area contributed by atoms with Crippen LogP contribution in [-0.2, 0) is 0 Å². The Hall–Kier alpha value is -2.83. The maximum Gasteiger partial charge on any atom is 0.259 e. The molecule has 2 aromatic rings. The van der Waals surface area contributed by atoms with E-state index in [-0.39, 0.29) is 19.0 Å². The largest absolute Gasteiger partial charge is 0.335 e. The maximum atomic E-state index is 13.7. The highest BCUT2D eigenvalue weighted by Gasteiger charge is 2.28. The smallest absolute Gasteiger partial charge is 0.259 e. The van der Waals surface area contributed by atoms with Crippen molar-refractivity contribution in [3.63, 3.8) is 0 Å². The van der Waals surface area contributed by atoms with E-state index in [0.29, 0.717) is 18.7 Å². The third-order valence-corrected chi connectivity index (χ3v) is 3.96. The van der Waals surface area contributed by atoms with Crippen molar-refractivity contribution in [1.82, 2.24) is 14.8 Å². The number of amides is 2. The first-order valence-electron chi connectivity index (χ1n) is 7.50. The normalized spacial score (nSPS) is 14.6. The van der Waals surface area contributed by atoms with Gasteiger partial charge in [0, 0.05) is 44.1 Å². The van der Waals surface area contributed by atoms with Gasteiger partial charge in [0.25, 0.3) is 11.8 Å². The fourth-order valence-electron chi connectivity index (χ4n) is 2.65. The number of carbonyl (C=O) groups excluding carboxylic acids is 2. The summed E-state index contributed by atoms with van der Waals surface area (Å²) in [5, 5.41) is 0. The van der Waals surface area contributed by atoms with Crippen molar-refractivity contribution in [3.05, 3.63) is 65.5 Å². The Labute approximate surface area is 137 Å². The molecular formula is C17H15F2N3O2. The summed E-state index contributed by atoms with van der Waals surface area (Å²) in [4.78, 5) is 31.5. The van der Waals surface area contributed by atoms with Crippen molar-refractivity contribution < 1.29 is 18.4 Å². The van der Waals surface area contributed by atoms with E-state index in [4.69, 9.17) is 0 Å². The van der Waals surface area contributed by atoms with Gasteiger partial charge in [-0.1, -0.05) is 6.07 Å². The molecule has 1 aromatic heterocycles. The number of piperazine rings is 1. The summed E-state index contributed by atoms with van der Waals surface area (Å²) < 4.78 is 27.4. The number of hydrogen-bond acceptors (Lipinski definition) is 3. The van der Waals surface area contributed by atoms with Gasteiger partial charge in [0.15, 0.2) is 0 Å². The summed E-state index contributed by atoms with van der Waals surface area (Å²) in [5.74, 6) is -2.60. The average Bonchev–Trinajstić information content (AvgIpc) is 2.62. The summed E-state index contributed by atoms with van der Waals surface area (Å²) in [7, 11) is 0. The topological polar surface area (TPSA) is 53.5 Å². The molecule has 0 saturated carbocycles. The lowest BCUT2D eigenvalue weighted by Gasteiger charge is -2.35. The van der Waals surface area contributed by atoms with Gasteiger partial charge in [0.1, 0.15) is 17.2 Å². The molecule has 0 bridgehead atoms. The van der Waals surface area contributed by atoms with E-state index in [2.05, 4.69) is 4.98 Å². The lowest BCUT2D eigenvalue weighted by atomic mass is 10.1. The SMILES string of the molecule is O=C(c1ccncc1)N1CCN(C(=O)c2c(F)cccc2F)CC1. The predicted octanol–water partition coefficient (Wildman–Crippen LogP) is 1.96. The molecule has 7 heteroatoms. The molecule has 1 aromatic carbocycles. The van der Waals surface area contributed by atoms with Gasteiger partial charge in [-0.15, -0.1) is 0 Å². The van der Waals surface area contributed by atoms with E-state index in [0.717, 1.165) is 12.1 Å². The molecule has 0 aliphatic carbocycles. The monoisotopic (exact) mass is 331 g/mol. The maximum absolute atomic E-state index is 13.7. The molecule has 5 nitrogen and oxygen atoms in total. The fourth-order valence-corrected chi connectivity index (χ4v) is 2.65. The van der Waals surface area contributed by atoms with Gasteiger partial charge >= 0.3 is 0 Å². The van der Waals surface area contributed by atoms with Crippen LogP contribution in [0.2, 0.25) is 0 Å². The van der Waals surface area contributed by atoms with Crippen LogP contribution in [0.15, 0.2) is 42.7 Å². The first kappa shape index (κ1) is 16.0. The highest BCUT2D eigenvalue weighted by atomic mass is 19.1. The molecular weight excluding hydrogens is 316 g/mol. The molecule has 1 fully saturated rings. The van der Waals surface area contributed by atoms with Crippen LogP contribution in [0.4, 0.5) is 8.78 Å². The van der Waals surface area contributed by atoms with Crippen molar-refractivity contribution >= 4 is 11.8 Å². The number of carbonyl (C=O) groups is 2. The van der Waals surface area contributed by atoms with Crippen LogP contribution in [0.25, 0.3) is 0 Å². The van der Waals surface area contributed by atoms with Crippen LogP contribution in [0, 0.1) is 11.6 Å². The van der Waals surface area contributed by atoms with Gasteiger partial charge in [0.05, 0.1) is 0 Å². The second kappa shape index (κ2) is 6.74. The molecule has 1 saturated heterocycles. The van der Waals surface area contributed by atoms with Crippen molar-refractivity contribution in [1.29, 1.82) is 0 Å². The first-order valence-corrected chi connectivity index (χ1v) is 7.50. The van der Waals surface area contributed by atoms with Gasteiger partial charge in [0.2, 0.25) is 0 Å². The predicted molar refractivity (Wildman–Crippen MR) is 82.4 cm³/mol. The Bertz CT molecular complexity index is 739. The number of aromatic nitrogens is 1. The van der Waals surface area contributed by atoms with Crippen LogP contribution in [0.1, 0.15) is 20.7 Å². The number of pyridine rings is 1. The van der Waals surface area contributed by atoms with Crippen molar-refractivity contribution in [2.75, 3.05) is 26.2 Å². The Morgan fingerprint density at radius 2 is 1.33 bits per heavy atom. The molecule has 0 spiro atoms. The van der Waals surface area contributed by atoms with Crippen LogP contribution < -0.4 is 0 Å². The van der Waals surface area contributed by atoms with E-state index < -0.39 is 23.1 Å². The first-order chi connectivity index (χ1) is 11.6. The number of rotatable bonds is 2. The van der Waals surface area contributed by atoms with E-state index in [1.807, 2.05) is 0 Å². The molecule has 1 aliphatic heterocycles. The van der Waals surface area contributed by atoms with E-state index in [1.54, 1.807) is 17.0 Å². The number of benzene rings is 1. The second-order valence-corrected chi connectivity index (χ2v) is 5.42. The van der Waals surface area contributed by atoms with E-state index in [9.17, 15) is 18.4 Å². The van der Waals surface area contributed by atoms with Crippen LogP contribution in [0.3, 0.4) is 0 Å². The highest BCUT2D eigenvalue weighted by molar-refractivity contribution is 5.96. The molecule has 24 heavy (non-hydrogen) atoms. The van der Waals surface area contributed by atoms with Crippen molar-refractivity contribution in [2.24, 2.45) is 0 Å². The van der Waals surface area contributed by atoms with Crippen molar-refractivity contribution in [3.8, 4) is 0 Å². The number of halogens is 2. The van der Waals surface area contributed by atoms with Gasteiger partial charge < -0.3 is 9.80 Å². The zero-order chi connectivity index (χ0) is 17.1. The minimum absolute atomic E-state index is 0.151. The minimum Gasteiger partial charge on any atom is -0.335 e. The van der Waals surface area contributed by atoms with Gasteiger partial charge in [-0.3, -0.25) is 14.6 Å². The zero-order valence-electron chi connectivity index (χ0n) is 12.8. The lowest BCUT2D eigenvalue weighted by Crippen LogP contribution is -2.50. The minimum atomic E-state index is -0.879. The fraction of sp³-hybridized carbons (Fsp3) is 0.235. The molecule has 0 atom stereocenters. The van der Waals surface area contributed by atoms with Gasteiger partial charge in [-0.2, -0.15) is 0 Å². The molecule has 2 heterocycles. The summed E-state index contributed by atoms with van der Waals surface area (Å²) >= 11 is 0. The molecule has 0 N–H and O–H groups in total. The second-order valence-electron chi connectivity index (χ2n) is 5.42. The quantitative estimate of drug-likeness (QED) is 0.845. The average molecular weight is 331 g/mol. The van der Waals surface area contributed by atoms with E-state index >= 15 is 0 Å². The Morgan fingerprint density at radius 3 is 1.88 bits per heavy atom. The third kappa shape index (κ3) is 3.10. The van der Waals surface area contributed by atoms with Gasteiger partial charge in [-0.25, -0.2) is 8.78 Å². The third-order valence-electron chi connectivity index (χ3n) is 3.96. The summed E-state index contributed by atoms with van der Waals surface area (Å²) in [6.07, 6.45) is 3.07. The van der Waals surface area contributed by atoms with Crippen LogP contribution in [-0.4, -0.2) is 52.8 Å². The molecule has 124 valence electrons. The molecule has 3 rings (SSSR count). The van der Waals surface area contributed by atoms with Gasteiger partial charge in [-0.05, 0) is 24.3 Å². The van der Waals surface area contributed by atoms with Crippen molar-refractivity contribution in [2.45, 2.75) is 0 Å². The lowest BCUT2D eigenvalue weighted by molar-refractivity contribution is 0.0530. The summed E-state index contributed by atoms with van der Waals surface area (Å²) in [6.45, 7) is 1.07. The van der Waals surface area contributed by atoms with Crippen LogP contribution in [0.5, 0.6) is 0 Å². The standard InChI is InChI=1S/C17H15F2N3O2/c18-13-2-1-3-14(19)15(13)17(24)22-10-8-21(9-11-22)16(23)12-4-6-20-7-5-12/h1-7H,8-11H2. The Morgan fingerprint density at radius 1 is 0.833 bits per heavy atom. The van der Waals surface area contributed by atoms with Crippen LogP contribution >= 0.6 is 0 Å². The molecule has 0 unspecified atom stereocenters. The molecule has 0 radical (unpaired) electrons. The summed E-state index contributed by atoms with van der Waals surface area (Å²) in [5.41, 5.74) is -0.0312. The number of nitrogens with zero attached hydrogens (tertiary/aromatic N) is 3. The number of hydrogen-bond donors (Lipinski definition) is 0. The molecule has 2 amide bonds. The Balaban J connectivity index is 1.67. The van der Waals surface area contributed by atoms with E-state index in [1.165, 1.54) is 23.4 Å². The zero-order valence-corrected chi connectivity index (χ0v) is 12.8. The molecule has 1 aliphatic rings. The summed E-state index contributed by atoms with van der Waals surface area (Å²) in [6, 6.07) is 6.56.